The third-order valence-electron chi connectivity index (χ3n) is 4.52. The van der Waals surface area contributed by atoms with Crippen molar-refractivity contribution in [2.45, 2.75) is 43.6 Å². The van der Waals surface area contributed by atoms with Gasteiger partial charge in [0, 0.05) is 28.1 Å². The van der Waals surface area contributed by atoms with Gasteiger partial charge >= 0.3 is 0 Å². The number of amides is 1. The maximum atomic E-state index is 12.3. The van der Waals surface area contributed by atoms with Crippen LogP contribution in [-0.4, -0.2) is 16.7 Å². The molecule has 3 rings (SSSR count). The van der Waals surface area contributed by atoms with E-state index >= 15 is 0 Å². The molecule has 144 valence electrons. The van der Waals surface area contributed by atoms with E-state index in [1.165, 1.54) is 18.4 Å². The molecule has 1 aromatic heterocycles. The van der Waals surface area contributed by atoms with Gasteiger partial charge < -0.3 is 9.73 Å². The smallest absolute Gasteiger partial charge is 0.287 e. The van der Waals surface area contributed by atoms with Crippen molar-refractivity contribution in [1.82, 2.24) is 5.32 Å². The molecule has 1 atom stereocenters. The van der Waals surface area contributed by atoms with Crippen LogP contribution in [0.25, 0.3) is 0 Å². The number of hydrogen-bond donors (Lipinski definition) is 1. The Morgan fingerprint density at radius 1 is 1.19 bits per heavy atom. The van der Waals surface area contributed by atoms with E-state index in [0.29, 0.717) is 23.1 Å². The van der Waals surface area contributed by atoms with Gasteiger partial charge in [0.05, 0.1) is 5.75 Å². The summed E-state index contributed by atoms with van der Waals surface area (Å²) in [5.74, 6) is 1.26. The highest BCUT2D eigenvalue weighted by molar-refractivity contribution is 7.83. The van der Waals surface area contributed by atoms with Crippen LogP contribution in [0.15, 0.2) is 52.5 Å². The zero-order valence-electron chi connectivity index (χ0n) is 15.2. The lowest BCUT2D eigenvalue weighted by molar-refractivity contribution is 0.0925. The fourth-order valence-electron chi connectivity index (χ4n) is 3.16. The summed E-state index contributed by atoms with van der Waals surface area (Å²) in [5.41, 5.74) is 2.35. The third-order valence-corrected chi connectivity index (χ3v) is 6.02. The number of carbonyl (C=O) groups is 1. The van der Waals surface area contributed by atoms with E-state index in [2.05, 4.69) is 11.4 Å². The molecule has 0 saturated carbocycles. The van der Waals surface area contributed by atoms with Crippen LogP contribution in [0, 0.1) is 0 Å². The first kappa shape index (κ1) is 19.9. The summed E-state index contributed by atoms with van der Waals surface area (Å²) in [4.78, 5) is 12.2. The van der Waals surface area contributed by atoms with E-state index in [0.717, 1.165) is 24.8 Å². The van der Waals surface area contributed by atoms with Gasteiger partial charge in [-0.25, -0.2) is 0 Å². The van der Waals surface area contributed by atoms with Crippen LogP contribution < -0.4 is 5.32 Å². The Morgan fingerprint density at radius 3 is 2.85 bits per heavy atom. The predicted octanol–water partition coefficient (Wildman–Crippen LogP) is 5.00. The topological polar surface area (TPSA) is 59.3 Å². The van der Waals surface area contributed by atoms with Crippen LogP contribution in [0.5, 0.6) is 0 Å². The second kappa shape index (κ2) is 9.90. The molecule has 0 radical (unpaired) electrons. The lowest BCUT2D eigenvalue weighted by atomic mass is 9.97. The number of nitrogens with one attached hydrogen (secondary N) is 1. The molecule has 1 aliphatic rings. The average molecular weight is 406 g/mol. The third kappa shape index (κ3) is 6.36. The van der Waals surface area contributed by atoms with Crippen LogP contribution >= 0.6 is 11.6 Å². The highest BCUT2D eigenvalue weighted by Crippen LogP contribution is 2.19. The molecular formula is C21H24ClNO3S. The van der Waals surface area contributed by atoms with Gasteiger partial charge in [-0.3, -0.25) is 9.00 Å². The summed E-state index contributed by atoms with van der Waals surface area (Å²) in [5, 5.41) is 3.52. The second-order valence-electron chi connectivity index (χ2n) is 6.74. The van der Waals surface area contributed by atoms with Crippen LogP contribution in [0.1, 0.15) is 54.0 Å². The molecule has 0 aliphatic heterocycles. The highest BCUT2D eigenvalue weighted by Gasteiger charge is 2.13. The van der Waals surface area contributed by atoms with Crippen molar-refractivity contribution in [2.75, 3.05) is 6.54 Å². The minimum Gasteiger partial charge on any atom is -0.455 e. The molecule has 0 saturated heterocycles. The largest absolute Gasteiger partial charge is 0.455 e. The van der Waals surface area contributed by atoms with Gasteiger partial charge in [-0.15, -0.1) is 0 Å². The molecule has 1 aromatic carbocycles. The summed E-state index contributed by atoms with van der Waals surface area (Å²) in [7, 11) is -1.13. The summed E-state index contributed by atoms with van der Waals surface area (Å²) in [6.07, 6.45) is 7.98. The maximum absolute atomic E-state index is 12.3. The molecular weight excluding hydrogens is 382 g/mol. The van der Waals surface area contributed by atoms with Gasteiger partial charge in [0.1, 0.15) is 5.76 Å². The minimum atomic E-state index is -1.13. The van der Waals surface area contributed by atoms with Gasteiger partial charge in [0.15, 0.2) is 5.76 Å². The van der Waals surface area contributed by atoms with Crippen LogP contribution in [0.4, 0.5) is 0 Å². The zero-order valence-corrected chi connectivity index (χ0v) is 16.8. The summed E-state index contributed by atoms with van der Waals surface area (Å²) in [6.45, 7) is 0.612. The van der Waals surface area contributed by atoms with Crippen molar-refractivity contribution in [1.29, 1.82) is 0 Å². The van der Waals surface area contributed by atoms with E-state index in [4.69, 9.17) is 16.0 Å². The maximum Gasteiger partial charge on any atom is 0.287 e. The van der Waals surface area contributed by atoms with E-state index in [1.54, 1.807) is 18.2 Å². The van der Waals surface area contributed by atoms with Crippen molar-refractivity contribution in [3.05, 3.63) is 70.2 Å². The van der Waals surface area contributed by atoms with Gasteiger partial charge in [0.25, 0.3) is 5.91 Å². The van der Waals surface area contributed by atoms with Crippen molar-refractivity contribution in [3.63, 3.8) is 0 Å². The SMILES string of the molecule is O=C(NCCC1=CCCCC1)c1ccc(C[S@@](=O)Cc2cccc(Cl)c2)o1. The van der Waals surface area contributed by atoms with Gasteiger partial charge in [0.2, 0.25) is 0 Å². The van der Waals surface area contributed by atoms with E-state index in [1.807, 2.05) is 18.2 Å². The van der Waals surface area contributed by atoms with Crippen molar-refractivity contribution < 1.29 is 13.4 Å². The first-order chi connectivity index (χ1) is 13.1. The van der Waals surface area contributed by atoms with E-state index in [-0.39, 0.29) is 17.4 Å². The van der Waals surface area contributed by atoms with Gasteiger partial charge in [-0.1, -0.05) is 35.4 Å². The summed E-state index contributed by atoms with van der Waals surface area (Å²) < 4.78 is 17.9. The number of allylic oxidation sites excluding steroid dienone is 1. The molecule has 0 spiro atoms. The molecule has 6 heteroatoms. The second-order valence-corrected chi connectivity index (χ2v) is 8.63. The van der Waals surface area contributed by atoms with Crippen LogP contribution in [-0.2, 0) is 22.3 Å². The minimum absolute atomic E-state index is 0.224. The first-order valence-corrected chi connectivity index (χ1v) is 11.1. The molecule has 1 heterocycles. The molecule has 4 nitrogen and oxygen atoms in total. The highest BCUT2D eigenvalue weighted by atomic mass is 35.5. The Hall–Kier alpha value is -1.85. The molecule has 0 fully saturated rings. The van der Waals surface area contributed by atoms with Crippen LogP contribution in [0.2, 0.25) is 5.02 Å². The standard InChI is InChI=1S/C21H24ClNO3S/c22-18-8-4-7-17(13-18)14-27(25)15-19-9-10-20(26-19)21(24)23-12-11-16-5-2-1-3-6-16/h4-5,7-10,13H,1-3,6,11-12,14-15H2,(H,23,24)/t27-/m0/s1. The van der Waals surface area contributed by atoms with Crippen molar-refractivity contribution in [3.8, 4) is 0 Å². The molecule has 1 amide bonds. The fraction of sp³-hybridized carbons (Fsp3) is 0.381. The molecule has 2 aromatic rings. The Balaban J connectivity index is 1.46. The Kier molecular flexibility index (Phi) is 7.30. The summed E-state index contributed by atoms with van der Waals surface area (Å²) in [6, 6.07) is 10.7. The van der Waals surface area contributed by atoms with Gasteiger partial charge in [-0.05, 0) is 61.9 Å². The first-order valence-electron chi connectivity index (χ1n) is 9.24. The predicted molar refractivity (Wildman–Crippen MR) is 109 cm³/mol. The fourth-order valence-corrected chi connectivity index (χ4v) is 4.49. The van der Waals surface area contributed by atoms with Crippen molar-refractivity contribution >= 4 is 28.3 Å². The number of benzene rings is 1. The Morgan fingerprint density at radius 2 is 2.07 bits per heavy atom. The monoisotopic (exact) mass is 405 g/mol. The zero-order chi connectivity index (χ0) is 19.1. The lowest BCUT2D eigenvalue weighted by Gasteiger charge is -2.12. The molecule has 1 aliphatic carbocycles. The van der Waals surface area contributed by atoms with Gasteiger partial charge in [-0.2, -0.15) is 0 Å². The van der Waals surface area contributed by atoms with Crippen molar-refractivity contribution in [2.24, 2.45) is 0 Å². The quantitative estimate of drug-likeness (QED) is 0.628. The number of hydrogen-bond acceptors (Lipinski definition) is 3. The normalized spacial score (nSPS) is 15.2. The van der Waals surface area contributed by atoms with Crippen LogP contribution in [0.3, 0.4) is 0 Å². The molecule has 1 N–H and O–H groups in total. The van der Waals surface area contributed by atoms with E-state index < -0.39 is 10.8 Å². The number of halogens is 1. The summed E-state index contributed by atoms with van der Waals surface area (Å²) >= 11 is 5.95. The average Bonchev–Trinajstić information content (AvgIpc) is 3.11. The molecule has 27 heavy (non-hydrogen) atoms. The number of furan rings is 1. The molecule has 0 unspecified atom stereocenters. The number of rotatable bonds is 8. The lowest BCUT2D eigenvalue weighted by Crippen LogP contribution is -2.24. The van der Waals surface area contributed by atoms with E-state index in [9.17, 15) is 9.00 Å². The number of carbonyl (C=O) groups excluding carboxylic acids is 1. The Labute approximate surface area is 167 Å². The Bertz CT molecular complexity index is 843. The molecule has 0 bridgehead atoms.